The average Bonchev–Trinajstić information content (AvgIpc) is 2.85. The first-order valence-electron chi connectivity index (χ1n) is 6.28. The molecule has 2 rings (SSSR count). The van der Waals surface area contributed by atoms with Crippen molar-refractivity contribution in [2.75, 3.05) is 6.54 Å². The van der Waals surface area contributed by atoms with Crippen LogP contribution < -0.4 is 0 Å². The highest BCUT2D eigenvalue weighted by Gasteiger charge is 2.36. The van der Waals surface area contributed by atoms with Crippen molar-refractivity contribution in [1.29, 1.82) is 0 Å². The van der Waals surface area contributed by atoms with E-state index in [4.69, 9.17) is 4.42 Å². The fraction of sp³-hybridized carbons (Fsp3) is 0.833. The van der Waals surface area contributed by atoms with Gasteiger partial charge in [0.25, 0.3) is 0 Å². The third kappa shape index (κ3) is 2.84. The van der Waals surface area contributed by atoms with E-state index >= 15 is 0 Å². The maximum Gasteiger partial charge on any atom is 0.230 e. The molecule has 0 bridgehead atoms. The predicted molar refractivity (Wildman–Crippen MR) is 63.4 cm³/mol. The number of hydrogen-bond donors (Lipinski definition) is 1. The molecular weight excluding hydrogens is 218 g/mol. The summed E-state index contributed by atoms with van der Waals surface area (Å²) in [5.74, 6) is 1.33. The molecule has 1 unspecified atom stereocenters. The molecule has 0 spiro atoms. The Morgan fingerprint density at radius 2 is 2.12 bits per heavy atom. The van der Waals surface area contributed by atoms with Gasteiger partial charge in [0.1, 0.15) is 0 Å². The summed E-state index contributed by atoms with van der Waals surface area (Å²) in [5, 5.41) is 18.1. The third-order valence-corrected chi connectivity index (χ3v) is 3.33. The maximum atomic E-state index is 10.1. The van der Waals surface area contributed by atoms with Crippen molar-refractivity contribution in [2.24, 2.45) is 0 Å². The van der Waals surface area contributed by atoms with Gasteiger partial charge in [0.2, 0.25) is 11.8 Å². The Hall–Kier alpha value is -0.940. The SMILES string of the molecule is CCc1nnc(CN2CCCC2C(C)(C)O)o1. The summed E-state index contributed by atoms with van der Waals surface area (Å²) in [7, 11) is 0. The number of aliphatic hydroxyl groups is 1. The van der Waals surface area contributed by atoms with Crippen LogP contribution in [0.2, 0.25) is 0 Å². The van der Waals surface area contributed by atoms with Crippen LogP contribution in [0.15, 0.2) is 4.42 Å². The zero-order valence-electron chi connectivity index (χ0n) is 10.8. The summed E-state index contributed by atoms with van der Waals surface area (Å²) >= 11 is 0. The van der Waals surface area contributed by atoms with Crippen molar-refractivity contribution in [1.82, 2.24) is 15.1 Å². The molecule has 0 radical (unpaired) electrons. The van der Waals surface area contributed by atoms with Gasteiger partial charge in [0.15, 0.2) is 0 Å². The van der Waals surface area contributed by atoms with Gasteiger partial charge >= 0.3 is 0 Å². The van der Waals surface area contributed by atoms with Crippen molar-refractivity contribution in [3.8, 4) is 0 Å². The lowest BCUT2D eigenvalue weighted by molar-refractivity contribution is -0.00735. The van der Waals surface area contributed by atoms with E-state index < -0.39 is 5.60 Å². The quantitative estimate of drug-likeness (QED) is 0.859. The standard InChI is InChI=1S/C12H21N3O2/c1-4-10-13-14-11(17-10)8-15-7-5-6-9(15)12(2,3)16/h9,16H,4-8H2,1-3H3. The van der Waals surface area contributed by atoms with Crippen molar-refractivity contribution < 1.29 is 9.52 Å². The lowest BCUT2D eigenvalue weighted by Gasteiger charge is -2.32. The van der Waals surface area contributed by atoms with Crippen LogP contribution in [0, 0.1) is 0 Å². The van der Waals surface area contributed by atoms with Crippen LogP contribution in [0.3, 0.4) is 0 Å². The summed E-state index contributed by atoms with van der Waals surface area (Å²) in [5.41, 5.74) is -0.676. The van der Waals surface area contributed by atoms with Crippen molar-refractivity contribution in [2.45, 2.75) is 58.2 Å². The van der Waals surface area contributed by atoms with Crippen LogP contribution in [0.25, 0.3) is 0 Å². The molecular formula is C12H21N3O2. The van der Waals surface area contributed by atoms with Gasteiger partial charge in [0.05, 0.1) is 12.1 Å². The maximum absolute atomic E-state index is 10.1. The van der Waals surface area contributed by atoms with Crippen LogP contribution in [0.5, 0.6) is 0 Å². The molecule has 1 atom stereocenters. The lowest BCUT2D eigenvalue weighted by Crippen LogP contribution is -2.45. The molecule has 0 aliphatic carbocycles. The Labute approximate surface area is 102 Å². The topological polar surface area (TPSA) is 62.4 Å². The minimum Gasteiger partial charge on any atom is -0.424 e. The minimum atomic E-state index is -0.676. The highest BCUT2D eigenvalue weighted by molar-refractivity contribution is 4.93. The number of nitrogens with zero attached hydrogens (tertiary/aromatic N) is 3. The smallest absolute Gasteiger partial charge is 0.230 e. The van der Waals surface area contributed by atoms with Crippen molar-refractivity contribution in [3.63, 3.8) is 0 Å². The van der Waals surface area contributed by atoms with E-state index in [0.29, 0.717) is 18.3 Å². The van der Waals surface area contributed by atoms with Gasteiger partial charge in [-0.1, -0.05) is 6.92 Å². The van der Waals surface area contributed by atoms with E-state index in [9.17, 15) is 5.11 Å². The molecule has 1 N–H and O–H groups in total. The zero-order valence-corrected chi connectivity index (χ0v) is 10.8. The second kappa shape index (κ2) is 4.74. The first kappa shape index (κ1) is 12.5. The van der Waals surface area contributed by atoms with Gasteiger partial charge in [-0.05, 0) is 33.2 Å². The van der Waals surface area contributed by atoms with Gasteiger partial charge < -0.3 is 9.52 Å². The normalized spacial score (nSPS) is 22.2. The Balaban J connectivity index is 2.02. The second-order valence-electron chi connectivity index (χ2n) is 5.23. The first-order chi connectivity index (χ1) is 8.00. The highest BCUT2D eigenvalue weighted by Crippen LogP contribution is 2.27. The molecule has 0 aromatic carbocycles. The van der Waals surface area contributed by atoms with Gasteiger partial charge in [-0.2, -0.15) is 0 Å². The largest absolute Gasteiger partial charge is 0.424 e. The molecule has 5 nitrogen and oxygen atoms in total. The van der Waals surface area contributed by atoms with Crippen LogP contribution in [-0.4, -0.2) is 38.4 Å². The van der Waals surface area contributed by atoms with Gasteiger partial charge in [-0.25, -0.2) is 0 Å². The van der Waals surface area contributed by atoms with E-state index in [1.54, 1.807) is 0 Å². The number of rotatable bonds is 4. The third-order valence-electron chi connectivity index (χ3n) is 3.33. The van der Waals surface area contributed by atoms with Crippen molar-refractivity contribution >= 4 is 0 Å². The molecule has 5 heteroatoms. The first-order valence-corrected chi connectivity index (χ1v) is 6.28. The highest BCUT2D eigenvalue weighted by atomic mass is 16.4. The molecule has 1 aliphatic rings. The molecule has 17 heavy (non-hydrogen) atoms. The number of aromatic nitrogens is 2. The molecule has 2 heterocycles. The average molecular weight is 239 g/mol. The van der Waals surface area contributed by atoms with Gasteiger partial charge in [-0.3, -0.25) is 4.90 Å². The number of hydrogen-bond acceptors (Lipinski definition) is 5. The van der Waals surface area contributed by atoms with Gasteiger partial charge in [0, 0.05) is 12.5 Å². The molecule has 0 saturated carbocycles. The Morgan fingerprint density at radius 3 is 2.71 bits per heavy atom. The summed E-state index contributed by atoms with van der Waals surface area (Å²) in [6.45, 7) is 7.34. The molecule has 1 saturated heterocycles. The molecule has 1 fully saturated rings. The molecule has 0 amide bonds. The number of aryl methyl sites for hydroxylation is 1. The summed E-state index contributed by atoms with van der Waals surface area (Å²) in [4.78, 5) is 2.23. The zero-order chi connectivity index (χ0) is 12.5. The minimum absolute atomic E-state index is 0.180. The monoisotopic (exact) mass is 239 g/mol. The Bertz CT molecular complexity index is 370. The Kier molecular flexibility index (Phi) is 3.49. The van der Waals surface area contributed by atoms with E-state index in [-0.39, 0.29) is 6.04 Å². The fourth-order valence-electron chi connectivity index (χ4n) is 2.48. The van der Waals surface area contributed by atoms with Crippen LogP contribution >= 0.6 is 0 Å². The van der Waals surface area contributed by atoms with Crippen LogP contribution in [0.1, 0.15) is 45.4 Å². The molecule has 96 valence electrons. The summed E-state index contributed by atoms with van der Waals surface area (Å²) < 4.78 is 5.51. The molecule has 1 aromatic rings. The van der Waals surface area contributed by atoms with E-state index in [2.05, 4.69) is 15.1 Å². The molecule has 1 aromatic heterocycles. The second-order valence-corrected chi connectivity index (χ2v) is 5.23. The Morgan fingerprint density at radius 1 is 1.41 bits per heavy atom. The van der Waals surface area contributed by atoms with E-state index in [1.807, 2.05) is 20.8 Å². The summed E-state index contributed by atoms with van der Waals surface area (Å²) in [6.07, 6.45) is 2.91. The molecule has 1 aliphatic heterocycles. The van der Waals surface area contributed by atoms with Gasteiger partial charge in [-0.15, -0.1) is 10.2 Å². The summed E-state index contributed by atoms with van der Waals surface area (Å²) in [6, 6.07) is 0.180. The predicted octanol–water partition coefficient (Wildman–Crippen LogP) is 1.37. The van der Waals surface area contributed by atoms with Crippen LogP contribution in [-0.2, 0) is 13.0 Å². The number of likely N-dealkylation sites (tertiary alicyclic amines) is 1. The van der Waals surface area contributed by atoms with Crippen molar-refractivity contribution in [3.05, 3.63) is 11.8 Å². The fourth-order valence-corrected chi connectivity index (χ4v) is 2.48. The van der Waals surface area contributed by atoms with Crippen LogP contribution in [0.4, 0.5) is 0 Å². The van der Waals surface area contributed by atoms with E-state index in [0.717, 1.165) is 25.8 Å². The lowest BCUT2D eigenvalue weighted by atomic mass is 9.97. The van der Waals surface area contributed by atoms with E-state index in [1.165, 1.54) is 0 Å².